The predicted molar refractivity (Wildman–Crippen MR) is 64.8 cm³/mol. The summed E-state index contributed by atoms with van der Waals surface area (Å²) in [5, 5.41) is 1.01. The lowest BCUT2D eigenvalue weighted by molar-refractivity contribution is 0.565. The largest absolute Gasteiger partial charge is 0.343 e. The highest BCUT2D eigenvalue weighted by molar-refractivity contribution is 5.92. The van der Waals surface area contributed by atoms with Crippen LogP contribution < -0.4 is 0 Å². The van der Waals surface area contributed by atoms with Gasteiger partial charge in [-0.1, -0.05) is 11.6 Å². The molecule has 0 fully saturated rings. The molecule has 0 aliphatic carbocycles. The summed E-state index contributed by atoms with van der Waals surface area (Å²) in [5.74, 6) is 0. The second-order valence-electron chi connectivity index (χ2n) is 4.24. The number of nitrogens with zero attached hydrogens (tertiary/aromatic N) is 2. The molecule has 1 aromatic heterocycles. The fourth-order valence-corrected chi connectivity index (χ4v) is 1.92. The summed E-state index contributed by atoms with van der Waals surface area (Å²) in [6.07, 6.45) is 3.51. The van der Waals surface area contributed by atoms with Crippen LogP contribution in [0.4, 0.5) is 5.69 Å². The molecule has 0 aliphatic heterocycles. The molecule has 0 aliphatic rings. The van der Waals surface area contributed by atoms with Gasteiger partial charge in [-0.25, -0.2) is 4.79 Å². The maximum atomic E-state index is 10.4. The highest BCUT2D eigenvalue weighted by atomic mass is 16.1. The first-order chi connectivity index (χ1) is 7.63. The smallest absolute Gasteiger partial charge is 0.240 e. The van der Waals surface area contributed by atoms with Crippen molar-refractivity contribution in [3.8, 4) is 0 Å². The molecule has 0 saturated carbocycles. The zero-order chi connectivity index (χ0) is 11.7. The Morgan fingerprint density at radius 3 is 2.75 bits per heavy atom. The van der Waals surface area contributed by atoms with Crippen LogP contribution in [0.15, 0.2) is 29.4 Å². The van der Waals surface area contributed by atoms with E-state index in [2.05, 4.69) is 35.5 Å². The molecule has 82 valence electrons. The number of aliphatic imine (C=N–C) groups is 1. The lowest BCUT2D eigenvalue weighted by Crippen LogP contribution is -1.97. The van der Waals surface area contributed by atoms with Crippen molar-refractivity contribution in [2.24, 2.45) is 4.99 Å². The average Bonchev–Trinajstić information content (AvgIpc) is 2.58. The Balaban J connectivity index is 2.81. The first-order valence-corrected chi connectivity index (χ1v) is 5.32. The topological polar surface area (TPSA) is 34.4 Å². The van der Waals surface area contributed by atoms with Crippen molar-refractivity contribution in [1.82, 2.24) is 4.57 Å². The molecule has 0 saturated heterocycles. The number of carbonyl (C=O) groups excluding carboxylic acids is 1. The summed E-state index contributed by atoms with van der Waals surface area (Å²) in [6.45, 7) is 6.24. The van der Waals surface area contributed by atoms with Gasteiger partial charge >= 0.3 is 0 Å². The third-order valence-corrected chi connectivity index (χ3v) is 2.69. The van der Waals surface area contributed by atoms with Crippen LogP contribution in [-0.2, 0) is 4.79 Å². The number of hydrogen-bond acceptors (Lipinski definition) is 2. The summed E-state index contributed by atoms with van der Waals surface area (Å²) in [5.41, 5.74) is 2.97. The van der Waals surface area contributed by atoms with Crippen molar-refractivity contribution in [3.63, 3.8) is 0 Å². The third-order valence-electron chi connectivity index (χ3n) is 2.69. The van der Waals surface area contributed by atoms with Gasteiger partial charge in [-0.05, 0) is 32.9 Å². The third kappa shape index (κ3) is 1.66. The quantitative estimate of drug-likeness (QED) is 0.556. The standard InChI is InChI=1S/C13H14N2O/c1-9(2)15-7-12(14-8-16)11-6-10(3)4-5-13(11)15/h4-7,9H,1-3H3. The summed E-state index contributed by atoms with van der Waals surface area (Å²) in [4.78, 5) is 14.1. The Morgan fingerprint density at radius 1 is 1.38 bits per heavy atom. The normalized spacial score (nSPS) is 10.8. The van der Waals surface area contributed by atoms with Crippen LogP contribution in [0.1, 0.15) is 25.5 Å². The number of rotatable bonds is 2. The van der Waals surface area contributed by atoms with Crippen LogP contribution in [0, 0.1) is 6.92 Å². The van der Waals surface area contributed by atoms with Crippen LogP contribution in [0.2, 0.25) is 0 Å². The first-order valence-electron chi connectivity index (χ1n) is 5.32. The Hall–Kier alpha value is -1.86. The lowest BCUT2D eigenvalue weighted by atomic mass is 10.1. The number of hydrogen-bond donors (Lipinski definition) is 0. The van der Waals surface area contributed by atoms with Gasteiger partial charge in [0.15, 0.2) is 0 Å². The van der Waals surface area contributed by atoms with Crippen molar-refractivity contribution in [3.05, 3.63) is 30.0 Å². The van der Waals surface area contributed by atoms with Crippen LogP contribution >= 0.6 is 0 Å². The van der Waals surface area contributed by atoms with E-state index in [-0.39, 0.29) is 0 Å². The molecular formula is C13H14N2O. The van der Waals surface area contributed by atoms with Gasteiger partial charge in [0.1, 0.15) is 5.69 Å². The molecule has 2 rings (SSSR count). The Labute approximate surface area is 94.4 Å². The van der Waals surface area contributed by atoms with Gasteiger partial charge in [0.05, 0.1) is 5.52 Å². The summed E-state index contributed by atoms with van der Waals surface area (Å²) >= 11 is 0. The van der Waals surface area contributed by atoms with E-state index in [0.29, 0.717) is 11.7 Å². The lowest BCUT2D eigenvalue weighted by Gasteiger charge is -2.08. The minimum Gasteiger partial charge on any atom is -0.343 e. The Bertz CT molecular complexity index is 575. The van der Waals surface area contributed by atoms with Gasteiger partial charge < -0.3 is 4.57 Å². The van der Waals surface area contributed by atoms with E-state index in [0.717, 1.165) is 16.5 Å². The number of aromatic nitrogens is 1. The monoisotopic (exact) mass is 214 g/mol. The second-order valence-corrected chi connectivity index (χ2v) is 4.24. The van der Waals surface area contributed by atoms with Gasteiger partial charge in [0, 0.05) is 17.6 Å². The summed E-state index contributed by atoms with van der Waals surface area (Å²) in [7, 11) is 0. The van der Waals surface area contributed by atoms with E-state index >= 15 is 0 Å². The van der Waals surface area contributed by atoms with E-state index in [1.165, 1.54) is 0 Å². The highest BCUT2D eigenvalue weighted by Gasteiger charge is 2.09. The van der Waals surface area contributed by atoms with Crippen molar-refractivity contribution in [2.45, 2.75) is 26.8 Å². The van der Waals surface area contributed by atoms with E-state index in [4.69, 9.17) is 0 Å². The van der Waals surface area contributed by atoms with Crippen LogP contribution in [-0.4, -0.2) is 10.6 Å². The predicted octanol–water partition coefficient (Wildman–Crippen LogP) is 3.50. The van der Waals surface area contributed by atoms with Crippen molar-refractivity contribution >= 4 is 22.7 Å². The molecule has 0 N–H and O–H groups in total. The van der Waals surface area contributed by atoms with Crippen molar-refractivity contribution in [1.29, 1.82) is 0 Å². The van der Waals surface area contributed by atoms with Gasteiger partial charge in [-0.3, -0.25) is 0 Å². The fourth-order valence-electron chi connectivity index (χ4n) is 1.92. The van der Waals surface area contributed by atoms with E-state index in [9.17, 15) is 4.79 Å². The number of aryl methyl sites for hydroxylation is 1. The van der Waals surface area contributed by atoms with E-state index < -0.39 is 0 Å². The number of fused-ring (bicyclic) bond motifs is 1. The SMILES string of the molecule is Cc1ccc2c(c1)c(N=C=O)cn2C(C)C. The summed E-state index contributed by atoms with van der Waals surface area (Å²) in [6, 6.07) is 6.52. The maximum Gasteiger partial charge on any atom is 0.240 e. The number of benzene rings is 1. The highest BCUT2D eigenvalue weighted by Crippen LogP contribution is 2.31. The molecule has 1 aromatic carbocycles. The zero-order valence-corrected chi connectivity index (χ0v) is 9.69. The van der Waals surface area contributed by atoms with Crippen molar-refractivity contribution in [2.75, 3.05) is 0 Å². The second kappa shape index (κ2) is 3.95. The van der Waals surface area contributed by atoms with Gasteiger partial charge in [-0.2, -0.15) is 4.99 Å². The zero-order valence-electron chi connectivity index (χ0n) is 9.69. The van der Waals surface area contributed by atoms with E-state index in [1.807, 2.05) is 19.2 Å². The van der Waals surface area contributed by atoms with Gasteiger partial charge in [0.25, 0.3) is 0 Å². The molecule has 0 atom stereocenters. The molecule has 0 amide bonds. The molecular weight excluding hydrogens is 200 g/mol. The first kappa shape index (κ1) is 10.7. The average molecular weight is 214 g/mol. The molecule has 1 heterocycles. The summed E-state index contributed by atoms with van der Waals surface area (Å²) < 4.78 is 2.12. The number of isocyanates is 1. The van der Waals surface area contributed by atoms with Gasteiger partial charge in [0.2, 0.25) is 6.08 Å². The van der Waals surface area contributed by atoms with Crippen molar-refractivity contribution < 1.29 is 4.79 Å². The molecule has 0 radical (unpaired) electrons. The molecule has 0 unspecified atom stereocenters. The maximum absolute atomic E-state index is 10.4. The van der Waals surface area contributed by atoms with Gasteiger partial charge in [-0.15, -0.1) is 0 Å². The van der Waals surface area contributed by atoms with Crippen LogP contribution in [0.25, 0.3) is 10.9 Å². The van der Waals surface area contributed by atoms with Crippen LogP contribution in [0.3, 0.4) is 0 Å². The Kier molecular flexibility index (Phi) is 2.63. The fraction of sp³-hybridized carbons (Fsp3) is 0.308. The van der Waals surface area contributed by atoms with Crippen LogP contribution in [0.5, 0.6) is 0 Å². The minimum atomic E-state index is 0.348. The molecule has 16 heavy (non-hydrogen) atoms. The molecule has 0 bridgehead atoms. The molecule has 3 heteroatoms. The van der Waals surface area contributed by atoms with E-state index in [1.54, 1.807) is 6.08 Å². The minimum absolute atomic E-state index is 0.348. The molecule has 2 aromatic rings. The molecule has 0 spiro atoms. The molecule has 3 nitrogen and oxygen atoms in total. The Morgan fingerprint density at radius 2 is 2.12 bits per heavy atom.